The Morgan fingerprint density at radius 2 is 1.84 bits per heavy atom. The number of likely N-dealkylation sites (tertiary alicyclic amines) is 1. The third kappa shape index (κ3) is 2.44. The molecule has 3 heterocycles. The number of aryl methyl sites for hydroxylation is 1. The topological polar surface area (TPSA) is 90.3 Å². The van der Waals surface area contributed by atoms with Crippen LogP contribution in [0.5, 0.6) is 11.5 Å². The Balaban J connectivity index is 1.50. The van der Waals surface area contributed by atoms with Gasteiger partial charge in [0.05, 0.1) is 17.1 Å². The van der Waals surface area contributed by atoms with Crippen molar-refractivity contribution < 1.29 is 24.5 Å². The molecule has 170 valence electrons. The molecule has 0 radical (unpaired) electrons. The first kappa shape index (κ1) is 20.2. The molecule has 1 saturated heterocycles. The number of nitrogens with zero attached hydrogens (tertiary/aromatic N) is 2. The van der Waals surface area contributed by atoms with E-state index in [0.717, 1.165) is 24.2 Å². The Labute approximate surface area is 187 Å². The molecule has 2 amide bonds. The molecule has 0 bridgehead atoms. The van der Waals surface area contributed by atoms with E-state index >= 15 is 0 Å². The fourth-order valence-corrected chi connectivity index (χ4v) is 7.09. The molecule has 3 fully saturated rings. The minimum atomic E-state index is -1.09. The summed E-state index contributed by atoms with van der Waals surface area (Å²) in [6.45, 7) is 5.89. The lowest BCUT2D eigenvalue weighted by molar-refractivity contribution is -0.193. The second-order valence-electron chi connectivity index (χ2n) is 10.4. The van der Waals surface area contributed by atoms with Crippen LogP contribution >= 0.6 is 0 Å². The first-order valence-corrected chi connectivity index (χ1v) is 11.8. The van der Waals surface area contributed by atoms with Crippen molar-refractivity contribution in [1.29, 1.82) is 0 Å². The number of hydrogen-bond acceptors (Lipinski definition) is 6. The molecule has 7 heteroatoms. The van der Waals surface area contributed by atoms with Crippen molar-refractivity contribution in [3.63, 3.8) is 0 Å². The highest BCUT2D eigenvalue weighted by molar-refractivity contribution is 6.13. The number of benzene rings is 1. The minimum absolute atomic E-state index is 0.0424. The molecule has 5 atom stereocenters. The lowest BCUT2D eigenvalue weighted by Crippen LogP contribution is -2.76. The normalized spacial score (nSPS) is 38.5. The van der Waals surface area contributed by atoms with Crippen LogP contribution in [0.1, 0.15) is 50.2 Å². The van der Waals surface area contributed by atoms with Crippen LogP contribution in [0.15, 0.2) is 24.3 Å². The molecule has 1 aromatic rings. The number of aliphatic hydroxyl groups is 1. The monoisotopic (exact) mass is 438 g/mol. The smallest absolute Gasteiger partial charge is 0.254 e. The van der Waals surface area contributed by atoms with Crippen molar-refractivity contribution in [2.24, 2.45) is 5.92 Å². The molecule has 1 aromatic carbocycles. The standard InChI is InChI=1S/C25H30N2O5/c1-14-3-6-18(28)22-21(14)24-11-12-26(13-16-4-5-16)15(2)25(24,31)10-9-17(23(24)32-22)27-19(29)7-8-20(27)30/h3,6-8,15-17,23,28,31H,4-5,9-13H2,1-2H3/t15-,17-,23+,24+,25-/m1/s1. The van der Waals surface area contributed by atoms with E-state index in [4.69, 9.17) is 4.74 Å². The van der Waals surface area contributed by atoms with Gasteiger partial charge in [-0.3, -0.25) is 19.4 Å². The lowest BCUT2D eigenvalue weighted by atomic mass is 9.51. The van der Waals surface area contributed by atoms with Gasteiger partial charge in [-0.25, -0.2) is 0 Å². The summed E-state index contributed by atoms with van der Waals surface area (Å²) in [5.41, 5.74) is -0.0831. The van der Waals surface area contributed by atoms with E-state index in [1.54, 1.807) is 6.07 Å². The molecule has 3 aliphatic heterocycles. The number of ether oxygens (including phenoxy) is 1. The number of rotatable bonds is 3. The molecule has 32 heavy (non-hydrogen) atoms. The molecule has 2 N–H and O–H groups in total. The van der Waals surface area contributed by atoms with Crippen molar-refractivity contribution >= 4 is 11.8 Å². The number of phenolic OH excluding ortho intramolecular Hbond substituents is 1. The number of fused-ring (bicyclic) bond motifs is 1. The minimum Gasteiger partial charge on any atom is -0.504 e. The summed E-state index contributed by atoms with van der Waals surface area (Å²) in [7, 11) is 0. The Morgan fingerprint density at radius 3 is 2.53 bits per heavy atom. The van der Waals surface area contributed by atoms with Gasteiger partial charge in [-0.15, -0.1) is 0 Å². The van der Waals surface area contributed by atoms with Gasteiger partial charge in [0, 0.05) is 30.3 Å². The van der Waals surface area contributed by atoms with E-state index in [2.05, 4.69) is 11.8 Å². The summed E-state index contributed by atoms with van der Waals surface area (Å²) < 4.78 is 6.44. The zero-order valence-electron chi connectivity index (χ0n) is 18.6. The lowest BCUT2D eigenvalue weighted by Gasteiger charge is -2.62. The van der Waals surface area contributed by atoms with E-state index in [1.165, 1.54) is 29.9 Å². The zero-order valence-corrected chi connectivity index (χ0v) is 18.6. The average molecular weight is 439 g/mol. The maximum absolute atomic E-state index is 12.6. The number of amides is 2. The number of aromatic hydroxyl groups is 1. The molecule has 6 rings (SSSR count). The Morgan fingerprint density at radius 1 is 1.12 bits per heavy atom. The van der Waals surface area contributed by atoms with E-state index < -0.39 is 23.2 Å². The number of hydrogen-bond donors (Lipinski definition) is 2. The number of piperidine rings is 1. The van der Waals surface area contributed by atoms with Gasteiger partial charge >= 0.3 is 0 Å². The van der Waals surface area contributed by atoms with Crippen molar-refractivity contribution in [2.45, 2.75) is 75.2 Å². The summed E-state index contributed by atoms with van der Waals surface area (Å²) in [5, 5.41) is 23.2. The van der Waals surface area contributed by atoms with Crippen molar-refractivity contribution in [3.05, 3.63) is 35.4 Å². The molecule has 2 saturated carbocycles. The molecule has 2 aliphatic carbocycles. The highest BCUT2D eigenvalue weighted by atomic mass is 16.5. The van der Waals surface area contributed by atoms with Gasteiger partial charge in [-0.2, -0.15) is 0 Å². The first-order valence-electron chi connectivity index (χ1n) is 11.8. The Bertz CT molecular complexity index is 1030. The van der Waals surface area contributed by atoms with Gasteiger partial charge in [0.25, 0.3) is 11.8 Å². The van der Waals surface area contributed by atoms with Crippen LogP contribution < -0.4 is 4.74 Å². The third-order valence-corrected chi connectivity index (χ3v) is 8.86. The van der Waals surface area contributed by atoms with Gasteiger partial charge < -0.3 is 14.9 Å². The molecule has 1 spiro atoms. The number of carbonyl (C=O) groups excluding carboxylic acids is 2. The second kappa shape index (κ2) is 6.58. The van der Waals surface area contributed by atoms with Crippen LogP contribution in [-0.2, 0) is 15.0 Å². The highest BCUT2D eigenvalue weighted by Gasteiger charge is 2.71. The van der Waals surface area contributed by atoms with Crippen molar-refractivity contribution in [1.82, 2.24) is 9.80 Å². The van der Waals surface area contributed by atoms with Crippen LogP contribution in [0.2, 0.25) is 0 Å². The fourth-order valence-electron chi connectivity index (χ4n) is 7.09. The summed E-state index contributed by atoms with van der Waals surface area (Å²) in [4.78, 5) is 28.9. The van der Waals surface area contributed by atoms with E-state index in [9.17, 15) is 19.8 Å². The van der Waals surface area contributed by atoms with E-state index in [0.29, 0.717) is 30.9 Å². The van der Waals surface area contributed by atoms with E-state index in [1.807, 2.05) is 13.0 Å². The molecular formula is C25H30N2O5. The zero-order chi connectivity index (χ0) is 22.4. The summed E-state index contributed by atoms with van der Waals surface area (Å²) in [6.07, 6.45) is 6.11. The SMILES string of the molecule is Cc1ccc(O)c2c1[C@]13CCN(CC4CC4)[C@H](C)[C@]1(O)CC[C@@H](N1C(=O)C=CC1=O)[C@@H]3O2. The molecule has 5 aliphatic rings. The van der Waals surface area contributed by atoms with Crippen molar-refractivity contribution in [3.8, 4) is 11.5 Å². The average Bonchev–Trinajstić information content (AvgIpc) is 3.42. The highest BCUT2D eigenvalue weighted by Crippen LogP contribution is 2.63. The molecule has 0 unspecified atom stereocenters. The predicted octanol–water partition coefficient (Wildman–Crippen LogP) is 2.02. The number of carbonyl (C=O) groups is 2. The fraction of sp³-hybridized carbons (Fsp3) is 0.600. The quantitative estimate of drug-likeness (QED) is 0.702. The molecule has 0 aromatic heterocycles. The van der Waals surface area contributed by atoms with Crippen LogP contribution in [-0.4, -0.2) is 68.7 Å². The summed E-state index contributed by atoms with van der Waals surface area (Å²) in [6, 6.07) is 2.90. The summed E-state index contributed by atoms with van der Waals surface area (Å²) in [5.74, 6) is 0.489. The number of phenols is 1. The third-order valence-electron chi connectivity index (χ3n) is 8.86. The summed E-state index contributed by atoms with van der Waals surface area (Å²) >= 11 is 0. The Kier molecular flexibility index (Phi) is 4.16. The molecule has 7 nitrogen and oxygen atoms in total. The second-order valence-corrected chi connectivity index (χ2v) is 10.4. The van der Waals surface area contributed by atoms with Gasteiger partial charge in [0.1, 0.15) is 6.10 Å². The Hall–Kier alpha value is -2.38. The maximum Gasteiger partial charge on any atom is 0.254 e. The van der Waals surface area contributed by atoms with E-state index in [-0.39, 0.29) is 23.6 Å². The van der Waals surface area contributed by atoms with Gasteiger partial charge in [-0.05, 0) is 70.0 Å². The first-order chi connectivity index (χ1) is 15.3. The van der Waals surface area contributed by atoms with Crippen LogP contribution in [0, 0.1) is 12.8 Å². The van der Waals surface area contributed by atoms with Crippen molar-refractivity contribution in [2.75, 3.05) is 13.1 Å². The van der Waals surface area contributed by atoms with Gasteiger partial charge in [0.15, 0.2) is 11.5 Å². The largest absolute Gasteiger partial charge is 0.504 e. The van der Waals surface area contributed by atoms with Gasteiger partial charge in [-0.1, -0.05) is 6.07 Å². The van der Waals surface area contributed by atoms with Gasteiger partial charge in [0.2, 0.25) is 0 Å². The van der Waals surface area contributed by atoms with Crippen LogP contribution in [0.3, 0.4) is 0 Å². The maximum atomic E-state index is 12.6. The van der Waals surface area contributed by atoms with Crippen LogP contribution in [0.25, 0.3) is 0 Å². The number of imide groups is 1. The molecular weight excluding hydrogens is 408 g/mol. The predicted molar refractivity (Wildman–Crippen MR) is 116 cm³/mol. The van der Waals surface area contributed by atoms with Crippen LogP contribution in [0.4, 0.5) is 0 Å².